The van der Waals surface area contributed by atoms with Crippen molar-refractivity contribution in [2.75, 3.05) is 13.1 Å². The molecule has 1 amide bonds. The molecule has 0 radical (unpaired) electrons. The van der Waals surface area contributed by atoms with E-state index < -0.39 is 5.97 Å². The first kappa shape index (κ1) is 13.6. The zero-order valence-electron chi connectivity index (χ0n) is 9.97. The fraction of sp³-hybridized carbons (Fsp3) is 0.545. The van der Waals surface area contributed by atoms with Gasteiger partial charge in [-0.25, -0.2) is 4.98 Å². The number of aromatic nitrogens is 1. The van der Waals surface area contributed by atoms with Crippen LogP contribution in [0.15, 0.2) is 5.38 Å². The van der Waals surface area contributed by atoms with Gasteiger partial charge in [0.05, 0.1) is 18.5 Å². The van der Waals surface area contributed by atoms with Crippen LogP contribution >= 0.6 is 11.3 Å². The topological polar surface area (TPSA) is 70.5 Å². The molecule has 0 spiro atoms. The zero-order chi connectivity index (χ0) is 12.8. The number of aliphatic carboxylic acids is 1. The summed E-state index contributed by atoms with van der Waals surface area (Å²) in [4.78, 5) is 28.1. The standard InChI is InChI=1S/C11H16N2O3S/c1-3-13(4-2)10(14)6-9-12-8(7-17-9)5-11(15)16/h7H,3-6H2,1-2H3,(H,15,16). The molecule has 1 rings (SSSR count). The van der Waals surface area contributed by atoms with Crippen LogP contribution in [-0.4, -0.2) is 40.0 Å². The Balaban J connectivity index is 2.59. The Bertz CT molecular complexity index is 399. The van der Waals surface area contributed by atoms with Gasteiger partial charge < -0.3 is 10.0 Å². The summed E-state index contributed by atoms with van der Waals surface area (Å²) in [6.45, 7) is 5.23. The lowest BCUT2D eigenvalue weighted by Gasteiger charge is -2.17. The van der Waals surface area contributed by atoms with Crippen molar-refractivity contribution in [1.82, 2.24) is 9.88 Å². The number of thiazole rings is 1. The fourth-order valence-electron chi connectivity index (χ4n) is 1.48. The van der Waals surface area contributed by atoms with Gasteiger partial charge in [-0.15, -0.1) is 11.3 Å². The highest BCUT2D eigenvalue weighted by molar-refractivity contribution is 7.09. The van der Waals surface area contributed by atoms with Crippen LogP contribution in [0, 0.1) is 0 Å². The monoisotopic (exact) mass is 256 g/mol. The van der Waals surface area contributed by atoms with Crippen LogP contribution in [0.25, 0.3) is 0 Å². The van der Waals surface area contributed by atoms with E-state index in [9.17, 15) is 9.59 Å². The lowest BCUT2D eigenvalue weighted by atomic mass is 10.3. The van der Waals surface area contributed by atoms with Gasteiger partial charge in [-0.1, -0.05) is 0 Å². The number of rotatable bonds is 6. The van der Waals surface area contributed by atoms with Gasteiger partial charge in [-0.3, -0.25) is 9.59 Å². The van der Waals surface area contributed by atoms with Gasteiger partial charge in [0, 0.05) is 18.5 Å². The van der Waals surface area contributed by atoms with Crippen LogP contribution in [-0.2, 0) is 22.4 Å². The van der Waals surface area contributed by atoms with Crippen molar-refractivity contribution in [2.45, 2.75) is 26.7 Å². The molecule has 0 unspecified atom stereocenters. The van der Waals surface area contributed by atoms with Crippen LogP contribution in [0.3, 0.4) is 0 Å². The van der Waals surface area contributed by atoms with Gasteiger partial charge >= 0.3 is 5.97 Å². The molecule has 0 aromatic carbocycles. The molecule has 0 atom stereocenters. The summed E-state index contributed by atoms with van der Waals surface area (Å²) in [5.41, 5.74) is 0.518. The Morgan fingerprint density at radius 2 is 2.00 bits per heavy atom. The molecule has 0 aliphatic rings. The maximum atomic E-state index is 11.8. The molecule has 1 aromatic heterocycles. The van der Waals surface area contributed by atoms with Gasteiger partial charge in [-0.05, 0) is 13.8 Å². The third-order valence-corrected chi connectivity index (χ3v) is 3.25. The van der Waals surface area contributed by atoms with E-state index in [-0.39, 0.29) is 18.7 Å². The Kier molecular flexibility index (Phi) is 5.09. The van der Waals surface area contributed by atoms with Crippen LogP contribution in [0.1, 0.15) is 24.5 Å². The molecule has 0 bridgehead atoms. The van der Waals surface area contributed by atoms with Gasteiger partial charge in [0.1, 0.15) is 5.01 Å². The molecule has 0 saturated carbocycles. The Morgan fingerprint density at radius 3 is 2.53 bits per heavy atom. The molecule has 5 nitrogen and oxygen atoms in total. The summed E-state index contributed by atoms with van der Waals surface area (Å²) < 4.78 is 0. The van der Waals surface area contributed by atoms with Crippen molar-refractivity contribution in [3.63, 3.8) is 0 Å². The minimum absolute atomic E-state index is 0.0335. The highest BCUT2D eigenvalue weighted by atomic mass is 32.1. The normalized spacial score (nSPS) is 10.2. The molecule has 0 aliphatic carbocycles. The molecule has 1 aromatic rings. The molecule has 0 aliphatic heterocycles. The maximum absolute atomic E-state index is 11.8. The van der Waals surface area contributed by atoms with E-state index >= 15 is 0 Å². The summed E-state index contributed by atoms with van der Waals surface area (Å²) in [7, 11) is 0. The highest BCUT2D eigenvalue weighted by Gasteiger charge is 2.13. The number of likely N-dealkylation sites (N-methyl/N-ethyl adjacent to an activating group) is 1. The largest absolute Gasteiger partial charge is 0.481 e. The number of hydrogen-bond donors (Lipinski definition) is 1. The molecule has 1 N–H and O–H groups in total. The van der Waals surface area contributed by atoms with Gasteiger partial charge in [0.2, 0.25) is 5.91 Å². The van der Waals surface area contributed by atoms with Gasteiger partial charge in [0.25, 0.3) is 0 Å². The van der Waals surface area contributed by atoms with Crippen molar-refractivity contribution in [3.05, 3.63) is 16.1 Å². The fourth-order valence-corrected chi connectivity index (χ4v) is 2.27. The second kappa shape index (κ2) is 6.34. The van der Waals surface area contributed by atoms with Crippen molar-refractivity contribution in [3.8, 4) is 0 Å². The van der Waals surface area contributed by atoms with Crippen LogP contribution in [0.2, 0.25) is 0 Å². The van der Waals surface area contributed by atoms with E-state index in [1.54, 1.807) is 10.3 Å². The Hall–Kier alpha value is -1.43. The maximum Gasteiger partial charge on any atom is 0.309 e. The lowest BCUT2D eigenvalue weighted by Crippen LogP contribution is -2.31. The predicted molar refractivity (Wildman–Crippen MR) is 65.1 cm³/mol. The van der Waals surface area contributed by atoms with Crippen molar-refractivity contribution in [2.24, 2.45) is 0 Å². The minimum Gasteiger partial charge on any atom is -0.481 e. The van der Waals surface area contributed by atoms with E-state index in [1.165, 1.54) is 11.3 Å². The van der Waals surface area contributed by atoms with Gasteiger partial charge in [0.15, 0.2) is 0 Å². The van der Waals surface area contributed by atoms with Crippen LogP contribution in [0.5, 0.6) is 0 Å². The second-order valence-electron chi connectivity index (χ2n) is 3.55. The number of carbonyl (C=O) groups is 2. The summed E-state index contributed by atoms with van der Waals surface area (Å²) in [5.74, 6) is -0.872. The first-order chi connectivity index (χ1) is 8.06. The molecule has 6 heteroatoms. The number of hydrogen-bond acceptors (Lipinski definition) is 4. The average Bonchev–Trinajstić information content (AvgIpc) is 2.66. The van der Waals surface area contributed by atoms with Crippen molar-refractivity contribution in [1.29, 1.82) is 0 Å². The number of carboxylic acids is 1. The quantitative estimate of drug-likeness (QED) is 0.829. The van der Waals surface area contributed by atoms with Gasteiger partial charge in [-0.2, -0.15) is 0 Å². The minimum atomic E-state index is -0.906. The molecule has 0 fully saturated rings. The zero-order valence-corrected chi connectivity index (χ0v) is 10.8. The SMILES string of the molecule is CCN(CC)C(=O)Cc1nc(CC(=O)O)cs1. The molecule has 17 heavy (non-hydrogen) atoms. The third-order valence-electron chi connectivity index (χ3n) is 2.35. The summed E-state index contributed by atoms with van der Waals surface area (Å²) in [5, 5.41) is 11.0. The average molecular weight is 256 g/mol. The van der Waals surface area contributed by atoms with E-state index in [0.29, 0.717) is 23.8 Å². The first-order valence-electron chi connectivity index (χ1n) is 5.49. The number of amides is 1. The Morgan fingerprint density at radius 1 is 1.35 bits per heavy atom. The molecule has 1 heterocycles. The van der Waals surface area contributed by atoms with Crippen LogP contribution < -0.4 is 0 Å². The summed E-state index contributed by atoms with van der Waals surface area (Å²) in [6.07, 6.45) is 0.169. The van der Waals surface area contributed by atoms with E-state index in [2.05, 4.69) is 4.98 Å². The Labute approximate surface area is 104 Å². The van der Waals surface area contributed by atoms with Crippen molar-refractivity contribution < 1.29 is 14.7 Å². The van der Waals surface area contributed by atoms with E-state index in [1.807, 2.05) is 13.8 Å². The first-order valence-corrected chi connectivity index (χ1v) is 6.37. The number of nitrogens with zero attached hydrogens (tertiary/aromatic N) is 2. The summed E-state index contributed by atoms with van der Waals surface area (Å²) in [6, 6.07) is 0. The highest BCUT2D eigenvalue weighted by Crippen LogP contribution is 2.12. The number of carboxylic acid groups (broad SMARTS) is 1. The molecular weight excluding hydrogens is 240 g/mol. The molecule has 94 valence electrons. The van der Waals surface area contributed by atoms with E-state index in [0.717, 1.165) is 0 Å². The number of carbonyl (C=O) groups excluding carboxylic acids is 1. The lowest BCUT2D eigenvalue weighted by molar-refractivity contribution is -0.136. The summed E-state index contributed by atoms with van der Waals surface area (Å²) >= 11 is 1.34. The molecule has 0 saturated heterocycles. The second-order valence-corrected chi connectivity index (χ2v) is 4.49. The van der Waals surface area contributed by atoms with Crippen molar-refractivity contribution >= 4 is 23.2 Å². The van der Waals surface area contributed by atoms with Crippen LogP contribution in [0.4, 0.5) is 0 Å². The van der Waals surface area contributed by atoms with E-state index in [4.69, 9.17) is 5.11 Å². The third kappa shape index (κ3) is 4.14. The molecular formula is C11H16N2O3S. The predicted octanol–water partition coefficient (Wildman–Crippen LogP) is 1.18. The smallest absolute Gasteiger partial charge is 0.309 e.